The zero-order valence-electron chi connectivity index (χ0n) is 11.7. The van der Waals surface area contributed by atoms with Crippen molar-refractivity contribution in [3.05, 3.63) is 21.4 Å². The monoisotopic (exact) mass is 310 g/mol. The summed E-state index contributed by atoms with van der Waals surface area (Å²) in [5.74, 6) is 2.32. The van der Waals surface area contributed by atoms with Gasteiger partial charge in [-0.2, -0.15) is 11.8 Å². The third kappa shape index (κ3) is 3.21. The van der Waals surface area contributed by atoms with Gasteiger partial charge in [0, 0.05) is 22.7 Å². The van der Waals surface area contributed by atoms with E-state index >= 15 is 0 Å². The van der Waals surface area contributed by atoms with E-state index in [-0.39, 0.29) is 18.0 Å². The summed E-state index contributed by atoms with van der Waals surface area (Å²) in [5.41, 5.74) is 7.55. The third-order valence-electron chi connectivity index (χ3n) is 4.24. The van der Waals surface area contributed by atoms with Gasteiger partial charge in [-0.15, -0.1) is 11.3 Å². The number of rotatable bonds is 2. The van der Waals surface area contributed by atoms with Crippen LogP contribution in [0.1, 0.15) is 52.2 Å². The first-order valence-corrected chi connectivity index (χ1v) is 9.47. The summed E-state index contributed by atoms with van der Waals surface area (Å²) in [6, 6.07) is 2.36. The topological polar surface area (TPSA) is 55.1 Å². The number of carbonyl (C=O) groups is 1. The van der Waals surface area contributed by atoms with E-state index in [1.165, 1.54) is 35.5 Å². The zero-order chi connectivity index (χ0) is 13.9. The highest BCUT2D eigenvalue weighted by Gasteiger charge is 2.24. The second-order valence-corrected chi connectivity index (χ2v) is 7.99. The van der Waals surface area contributed by atoms with E-state index in [1.807, 2.05) is 11.8 Å². The molecule has 1 aliphatic heterocycles. The molecule has 2 aliphatic rings. The molecule has 2 heterocycles. The highest BCUT2D eigenvalue weighted by Crippen LogP contribution is 2.31. The predicted octanol–water partition coefficient (Wildman–Crippen LogP) is 2.93. The number of nitrogens with one attached hydrogen (secondary N) is 1. The third-order valence-corrected chi connectivity index (χ3v) is 6.48. The Morgan fingerprint density at radius 3 is 3.00 bits per heavy atom. The molecule has 1 amide bonds. The zero-order valence-corrected chi connectivity index (χ0v) is 13.3. The molecule has 5 heteroatoms. The van der Waals surface area contributed by atoms with Crippen molar-refractivity contribution in [2.45, 2.75) is 56.4 Å². The highest BCUT2D eigenvalue weighted by atomic mass is 32.2. The van der Waals surface area contributed by atoms with Gasteiger partial charge in [-0.3, -0.25) is 4.79 Å². The molecule has 2 atom stereocenters. The fraction of sp³-hybridized carbons (Fsp3) is 0.667. The van der Waals surface area contributed by atoms with Crippen molar-refractivity contribution in [1.82, 2.24) is 5.32 Å². The molecule has 2 unspecified atom stereocenters. The Labute approximate surface area is 128 Å². The van der Waals surface area contributed by atoms with Crippen LogP contribution >= 0.6 is 23.1 Å². The van der Waals surface area contributed by atoms with Gasteiger partial charge in [-0.05, 0) is 36.6 Å². The second kappa shape index (κ2) is 6.50. The van der Waals surface area contributed by atoms with E-state index in [1.54, 1.807) is 11.3 Å². The van der Waals surface area contributed by atoms with Crippen molar-refractivity contribution in [1.29, 1.82) is 0 Å². The van der Waals surface area contributed by atoms with Gasteiger partial charge in [-0.1, -0.05) is 19.3 Å². The first kappa shape index (κ1) is 14.4. The average molecular weight is 310 g/mol. The van der Waals surface area contributed by atoms with E-state index < -0.39 is 0 Å². The number of aryl methyl sites for hydroxylation is 1. The van der Waals surface area contributed by atoms with Crippen LogP contribution in [-0.4, -0.2) is 23.7 Å². The highest BCUT2D eigenvalue weighted by molar-refractivity contribution is 7.98. The number of carbonyl (C=O) groups excluding carboxylic acids is 1. The standard InChI is InChI=1S/C15H22N2OS2/c16-11-4-2-1-3-5-12(11)17-15(18)14-8-10-9-19-7-6-13(10)20-14/h8,11-12H,1-7,9,16H2,(H,17,18). The first-order chi connectivity index (χ1) is 9.74. The Kier molecular flexibility index (Phi) is 4.68. The summed E-state index contributed by atoms with van der Waals surface area (Å²) in [6.45, 7) is 0. The molecule has 0 spiro atoms. The molecule has 1 aromatic heterocycles. The van der Waals surface area contributed by atoms with Crippen LogP contribution < -0.4 is 11.1 Å². The van der Waals surface area contributed by atoms with Gasteiger partial charge in [0.2, 0.25) is 0 Å². The fourth-order valence-electron chi connectivity index (χ4n) is 3.01. The van der Waals surface area contributed by atoms with E-state index in [4.69, 9.17) is 5.73 Å². The van der Waals surface area contributed by atoms with Gasteiger partial charge in [0.1, 0.15) is 0 Å². The quantitative estimate of drug-likeness (QED) is 0.826. The molecule has 3 nitrogen and oxygen atoms in total. The van der Waals surface area contributed by atoms with Gasteiger partial charge in [0.05, 0.1) is 4.88 Å². The van der Waals surface area contributed by atoms with Crippen molar-refractivity contribution < 1.29 is 4.79 Å². The molecule has 1 fully saturated rings. The summed E-state index contributed by atoms with van der Waals surface area (Å²) in [7, 11) is 0. The smallest absolute Gasteiger partial charge is 0.261 e. The number of thiophene rings is 1. The van der Waals surface area contributed by atoms with Gasteiger partial charge < -0.3 is 11.1 Å². The molecule has 110 valence electrons. The molecule has 1 aliphatic carbocycles. The molecule has 20 heavy (non-hydrogen) atoms. The maximum atomic E-state index is 12.4. The van der Waals surface area contributed by atoms with Gasteiger partial charge >= 0.3 is 0 Å². The molecular weight excluding hydrogens is 288 g/mol. The van der Waals surface area contributed by atoms with Crippen LogP contribution in [0.4, 0.5) is 0 Å². The molecular formula is C15H22N2OS2. The summed E-state index contributed by atoms with van der Waals surface area (Å²) >= 11 is 3.63. The molecule has 0 bridgehead atoms. The van der Waals surface area contributed by atoms with Crippen molar-refractivity contribution in [2.24, 2.45) is 5.73 Å². The van der Waals surface area contributed by atoms with Crippen LogP contribution in [0.25, 0.3) is 0 Å². The molecule has 1 saturated carbocycles. The van der Waals surface area contributed by atoms with Crippen molar-refractivity contribution >= 4 is 29.0 Å². The Morgan fingerprint density at radius 1 is 1.30 bits per heavy atom. The van der Waals surface area contributed by atoms with E-state index in [0.717, 1.165) is 29.9 Å². The number of amides is 1. The van der Waals surface area contributed by atoms with E-state index in [0.29, 0.717) is 0 Å². The first-order valence-electron chi connectivity index (χ1n) is 7.50. The lowest BCUT2D eigenvalue weighted by molar-refractivity contribution is 0.0933. The second-order valence-electron chi connectivity index (χ2n) is 5.74. The van der Waals surface area contributed by atoms with Gasteiger partial charge in [0.15, 0.2) is 0 Å². The minimum Gasteiger partial charge on any atom is -0.347 e. The number of hydrogen-bond donors (Lipinski definition) is 2. The lowest BCUT2D eigenvalue weighted by Crippen LogP contribution is -2.46. The van der Waals surface area contributed by atoms with Crippen molar-refractivity contribution in [2.75, 3.05) is 5.75 Å². The Balaban J connectivity index is 1.67. The van der Waals surface area contributed by atoms with E-state index in [9.17, 15) is 4.79 Å². The van der Waals surface area contributed by atoms with Gasteiger partial charge in [-0.25, -0.2) is 0 Å². The fourth-order valence-corrected chi connectivity index (χ4v) is 5.29. The Bertz CT molecular complexity index is 463. The molecule has 3 rings (SSSR count). The SMILES string of the molecule is NC1CCCCCC1NC(=O)c1cc2c(s1)CCSC2. The van der Waals surface area contributed by atoms with Crippen molar-refractivity contribution in [3.8, 4) is 0 Å². The van der Waals surface area contributed by atoms with Crippen molar-refractivity contribution in [3.63, 3.8) is 0 Å². The van der Waals surface area contributed by atoms with Crippen LogP contribution in [-0.2, 0) is 12.2 Å². The lowest BCUT2D eigenvalue weighted by atomic mass is 10.0. The summed E-state index contributed by atoms with van der Waals surface area (Å²) in [4.78, 5) is 14.7. The number of thioether (sulfide) groups is 1. The predicted molar refractivity (Wildman–Crippen MR) is 86.5 cm³/mol. The van der Waals surface area contributed by atoms with Crippen LogP contribution in [0.3, 0.4) is 0 Å². The maximum Gasteiger partial charge on any atom is 0.261 e. The number of hydrogen-bond acceptors (Lipinski definition) is 4. The van der Waals surface area contributed by atoms with Crippen LogP contribution in [0.5, 0.6) is 0 Å². The number of nitrogens with two attached hydrogens (primary N) is 1. The molecule has 1 aromatic rings. The van der Waals surface area contributed by atoms with Gasteiger partial charge in [0.25, 0.3) is 5.91 Å². The molecule has 0 aromatic carbocycles. The summed E-state index contributed by atoms with van der Waals surface area (Å²) in [5, 5.41) is 3.17. The van der Waals surface area contributed by atoms with Crippen LogP contribution in [0.15, 0.2) is 6.07 Å². The molecule has 0 saturated heterocycles. The average Bonchev–Trinajstić information content (AvgIpc) is 2.79. The normalized spacial score (nSPS) is 26.6. The van der Waals surface area contributed by atoms with E-state index in [2.05, 4.69) is 11.4 Å². The molecule has 0 radical (unpaired) electrons. The lowest BCUT2D eigenvalue weighted by Gasteiger charge is -2.22. The summed E-state index contributed by atoms with van der Waals surface area (Å²) < 4.78 is 0. The number of fused-ring (bicyclic) bond motifs is 1. The largest absolute Gasteiger partial charge is 0.347 e. The van der Waals surface area contributed by atoms with Crippen LogP contribution in [0.2, 0.25) is 0 Å². The minimum absolute atomic E-state index is 0.0803. The maximum absolute atomic E-state index is 12.4. The Morgan fingerprint density at radius 2 is 2.15 bits per heavy atom. The minimum atomic E-state index is 0.0803. The molecule has 3 N–H and O–H groups in total. The summed E-state index contributed by atoms with van der Waals surface area (Å²) in [6.07, 6.45) is 6.77. The Hall–Kier alpha value is -0.520. The van der Waals surface area contributed by atoms with Crippen LogP contribution in [0, 0.1) is 0 Å².